The Labute approximate surface area is 78.1 Å². The van der Waals surface area contributed by atoms with Crippen molar-refractivity contribution in [3.63, 3.8) is 0 Å². The van der Waals surface area contributed by atoms with Crippen molar-refractivity contribution in [2.45, 2.75) is 11.9 Å². The molecular formula is C6H8FN3O2S. The van der Waals surface area contributed by atoms with E-state index in [0.717, 1.165) is 0 Å². The van der Waals surface area contributed by atoms with E-state index >= 15 is 0 Å². The lowest BCUT2D eigenvalue weighted by Gasteiger charge is -1.98. The van der Waals surface area contributed by atoms with E-state index in [1.54, 1.807) is 6.92 Å². The number of aromatic nitrogens is 2. The summed E-state index contributed by atoms with van der Waals surface area (Å²) in [5.41, 5.74) is 5.36. The zero-order valence-corrected chi connectivity index (χ0v) is 7.65. The van der Waals surface area contributed by atoms with Crippen molar-refractivity contribution >= 4 is 23.8 Å². The Bertz CT molecular complexity index is 315. The second kappa shape index (κ2) is 4.13. The highest BCUT2D eigenvalue weighted by atomic mass is 32.2. The van der Waals surface area contributed by atoms with Gasteiger partial charge in [-0.2, -0.15) is 8.98 Å². The predicted molar refractivity (Wildman–Crippen MR) is 45.9 cm³/mol. The predicted octanol–water partition coefficient (Wildman–Crippen LogP) is 1.15. The summed E-state index contributed by atoms with van der Waals surface area (Å²) in [4.78, 5) is 11.1. The fourth-order valence-electron chi connectivity index (χ4n) is 0.752. The molecule has 0 bridgehead atoms. The normalized spacial score (nSPS) is 10.0. The Hall–Kier alpha value is -1.24. The van der Waals surface area contributed by atoms with Crippen molar-refractivity contribution in [3.8, 4) is 0 Å². The summed E-state index contributed by atoms with van der Waals surface area (Å²) in [6.07, 6.45) is 0. The van der Waals surface area contributed by atoms with Gasteiger partial charge in [-0.1, -0.05) is 0 Å². The summed E-state index contributed by atoms with van der Waals surface area (Å²) in [5, 5.41) is 5.72. The summed E-state index contributed by atoms with van der Waals surface area (Å²) < 4.78 is 16.7. The molecule has 1 aromatic rings. The van der Waals surface area contributed by atoms with Crippen molar-refractivity contribution < 1.29 is 13.4 Å². The summed E-state index contributed by atoms with van der Waals surface area (Å²) in [6, 6.07) is 0. The molecule has 0 radical (unpaired) electrons. The Kier molecular flexibility index (Phi) is 3.13. The number of anilines is 1. The number of nitrogens with two attached hydrogens (primary N) is 1. The number of hydrogen-bond donors (Lipinski definition) is 2. The minimum absolute atomic E-state index is 0.0120. The van der Waals surface area contributed by atoms with E-state index < -0.39 is 5.97 Å². The number of rotatable bonds is 3. The molecule has 0 saturated heterocycles. The number of nitrogens with one attached hydrogen (secondary N) is 1. The summed E-state index contributed by atoms with van der Waals surface area (Å²) in [5.74, 6) is -0.632. The lowest BCUT2D eigenvalue weighted by atomic mass is 10.4. The second-order valence-electron chi connectivity index (χ2n) is 2.12. The number of hydrogen-bond acceptors (Lipinski definition) is 5. The van der Waals surface area contributed by atoms with E-state index in [4.69, 9.17) is 5.73 Å². The van der Waals surface area contributed by atoms with Gasteiger partial charge in [0.05, 0.1) is 6.61 Å². The van der Waals surface area contributed by atoms with Gasteiger partial charge in [0.1, 0.15) is 17.8 Å². The Balaban J connectivity index is 2.89. The van der Waals surface area contributed by atoms with Crippen LogP contribution in [0.3, 0.4) is 0 Å². The lowest BCUT2D eigenvalue weighted by Crippen LogP contribution is -2.07. The van der Waals surface area contributed by atoms with Gasteiger partial charge in [-0.15, -0.1) is 0 Å². The van der Waals surface area contributed by atoms with Crippen LogP contribution in [0.15, 0.2) is 5.03 Å². The van der Waals surface area contributed by atoms with Crippen LogP contribution >= 0.6 is 12.1 Å². The van der Waals surface area contributed by atoms with Crippen LogP contribution in [-0.2, 0) is 4.74 Å². The topological polar surface area (TPSA) is 81.0 Å². The van der Waals surface area contributed by atoms with Gasteiger partial charge < -0.3 is 10.5 Å². The molecule has 72 valence electrons. The third kappa shape index (κ3) is 1.92. The fraction of sp³-hybridized carbons (Fsp3) is 0.333. The number of halogens is 1. The molecule has 1 heterocycles. The molecule has 1 aromatic heterocycles. The molecule has 0 aliphatic rings. The number of ether oxygens (including phenoxy) is 1. The molecule has 3 N–H and O–H groups in total. The molecule has 13 heavy (non-hydrogen) atoms. The van der Waals surface area contributed by atoms with E-state index in [2.05, 4.69) is 14.9 Å². The highest BCUT2D eigenvalue weighted by molar-refractivity contribution is 7.94. The average Bonchev–Trinajstić information content (AvgIpc) is 2.47. The standard InChI is InChI=1S/C6H8FN3O2S/c1-2-12-6(11)4-3(8)5(13-7)10-9-4/h2,8H2,1H3,(H,9,10). The molecule has 0 amide bonds. The van der Waals surface area contributed by atoms with Crippen LogP contribution in [0.4, 0.5) is 9.57 Å². The Morgan fingerprint density at radius 1 is 1.85 bits per heavy atom. The lowest BCUT2D eigenvalue weighted by molar-refractivity contribution is 0.0520. The molecule has 1 rings (SSSR count). The van der Waals surface area contributed by atoms with E-state index in [9.17, 15) is 8.68 Å². The van der Waals surface area contributed by atoms with Crippen LogP contribution in [0.2, 0.25) is 0 Å². The number of nitrogen functional groups attached to an aromatic ring is 1. The molecule has 7 heteroatoms. The quantitative estimate of drug-likeness (QED) is 0.723. The van der Waals surface area contributed by atoms with Crippen LogP contribution in [0.1, 0.15) is 17.4 Å². The smallest absolute Gasteiger partial charge is 0.358 e. The van der Waals surface area contributed by atoms with Crippen LogP contribution in [0.5, 0.6) is 0 Å². The maximum atomic E-state index is 12.1. The highest BCUT2D eigenvalue weighted by Gasteiger charge is 2.17. The number of nitrogens with zero attached hydrogens (tertiary/aromatic N) is 1. The third-order valence-corrected chi connectivity index (χ3v) is 1.78. The van der Waals surface area contributed by atoms with Crippen LogP contribution in [-0.4, -0.2) is 22.8 Å². The van der Waals surface area contributed by atoms with Crippen molar-refractivity contribution in [2.24, 2.45) is 0 Å². The van der Waals surface area contributed by atoms with E-state index in [1.165, 1.54) is 0 Å². The molecular weight excluding hydrogens is 197 g/mol. The maximum Gasteiger partial charge on any atom is 0.358 e. The molecule has 0 saturated carbocycles. The first kappa shape index (κ1) is 9.85. The molecule has 0 aliphatic heterocycles. The minimum atomic E-state index is -0.632. The second-order valence-corrected chi connectivity index (χ2v) is 2.66. The Morgan fingerprint density at radius 3 is 3.00 bits per heavy atom. The number of carbonyl (C=O) groups is 1. The average molecular weight is 205 g/mol. The van der Waals surface area contributed by atoms with Gasteiger partial charge in [-0.25, -0.2) is 4.79 Å². The fourth-order valence-corrected chi connectivity index (χ4v) is 1.02. The molecule has 0 fully saturated rings. The van der Waals surface area contributed by atoms with Gasteiger partial charge in [0.25, 0.3) is 0 Å². The maximum absolute atomic E-state index is 12.1. The van der Waals surface area contributed by atoms with Gasteiger partial charge >= 0.3 is 5.97 Å². The van der Waals surface area contributed by atoms with E-state index in [-0.39, 0.29) is 35.2 Å². The number of aromatic amines is 1. The largest absolute Gasteiger partial charge is 0.461 e. The first-order valence-electron chi connectivity index (χ1n) is 3.50. The monoisotopic (exact) mass is 205 g/mol. The molecule has 0 aliphatic carbocycles. The minimum Gasteiger partial charge on any atom is -0.461 e. The van der Waals surface area contributed by atoms with E-state index in [1.807, 2.05) is 0 Å². The van der Waals surface area contributed by atoms with E-state index in [0.29, 0.717) is 0 Å². The van der Waals surface area contributed by atoms with Gasteiger partial charge in [0, 0.05) is 0 Å². The van der Waals surface area contributed by atoms with Crippen LogP contribution in [0.25, 0.3) is 0 Å². The summed E-state index contributed by atoms with van der Waals surface area (Å²) in [7, 11) is 0. The summed E-state index contributed by atoms with van der Waals surface area (Å²) in [6.45, 7) is 1.89. The van der Waals surface area contributed by atoms with Gasteiger partial charge in [0.15, 0.2) is 10.7 Å². The molecule has 0 spiro atoms. The van der Waals surface area contributed by atoms with Gasteiger partial charge in [-0.3, -0.25) is 5.10 Å². The molecule has 0 unspecified atom stereocenters. The van der Waals surface area contributed by atoms with Crippen LogP contribution in [0, 0.1) is 0 Å². The van der Waals surface area contributed by atoms with Gasteiger partial charge in [0.2, 0.25) is 0 Å². The molecule has 0 aromatic carbocycles. The molecule has 5 nitrogen and oxygen atoms in total. The van der Waals surface area contributed by atoms with Crippen molar-refractivity contribution in [3.05, 3.63) is 5.69 Å². The number of esters is 1. The van der Waals surface area contributed by atoms with Crippen LogP contribution < -0.4 is 5.73 Å². The van der Waals surface area contributed by atoms with Crippen molar-refractivity contribution in [1.82, 2.24) is 10.2 Å². The first-order chi connectivity index (χ1) is 6.20. The molecule has 0 atom stereocenters. The number of carbonyl (C=O) groups excluding carboxylic acids is 1. The summed E-state index contributed by atoms with van der Waals surface area (Å²) >= 11 is -0.123. The highest BCUT2D eigenvalue weighted by Crippen LogP contribution is 2.25. The Morgan fingerprint density at radius 2 is 2.54 bits per heavy atom. The zero-order valence-electron chi connectivity index (χ0n) is 6.83. The van der Waals surface area contributed by atoms with Crippen molar-refractivity contribution in [1.29, 1.82) is 0 Å². The number of H-pyrrole nitrogens is 1. The zero-order chi connectivity index (χ0) is 9.84. The van der Waals surface area contributed by atoms with Crippen molar-refractivity contribution in [2.75, 3.05) is 12.3 Å². The third-order valence-electron chi connectivity index (χ3n) is 1.32. The first-order valence-corrected chi connectivity index (χ1v) is 4.22. The SMILES string of the molecule is CCOC(=O)c1[nH]nc(SF)c1N. The van der Waals surface area contributed by atoms with Gasteiger partial charge in [-0.05, 0) is 6.92 Å².